The van der Waals surface area contributed by atoms with Crippen LogP contribution in [-0.2, 0) is 26.2 Å². The summed E-state index contributed by atoms with van der Waals surface area (Å²) >= 11 is 6.23. The third-order valence-electron chi connectivity index (χ3n) is 5.57. The van der Waals surface area contributed by atoms with E-state index < -0.39 is 28.5 Å². The number of amides is 2. The first-order chi connectivity index (χ1) is 15.5. The maximum atomic E-state index is 13.5. The van der Waals surface area contributed by atoms with Gasteiger partial charge in [0.1, 0.15) is 12.6 Å². The second kappa shape index (κ2) is 11.5. The topological polar surface area (TPSA) is 86.8 Å². The molecule has 2 rings (SSSR count). The number of aryl methyl sites for hydroxylation is 1. The Kier molecular flexibility index (Phi) is 9.31. The lowest BCUT2D eigenvalue weighted by Gasteiger charge is -2.32. The molecule has 0 aromatic heterocycles. The highest BCUT2D eigenvalue weighted by Gasteiger charge is 2.31. The van der Waals surface area contributed by atoms with Crippen LogP contribution in [0, 0.1) is 6.92 Å². The fraction of sp³-hybridized carbons (Fsp3) is 0.417. The largest absolute Gasteiger partial charge is 0.352 e. The molecule has 0 aliphatic rings. The Morgan fingerprint density at radius 1 is 1.06 bits per heavy atom. The van der Waals surface area contributed by atoms with Crippen LogP contribution in [0.15, 0.2) is 48.5 Å². The van der Waals surface area contributed by atoms with E-state index in [1.807, 2.05) is 45.0 Å². The number of hydrogen-bond acceptors (Lipinski definition) is 4. The number of rotatable bonds is 10. The number of para-hydroxylation sites is 1. The highest BCUT2D eigenvalue weighted by atomic mass is 35.5. The average molecular weight is 494 g/mol. The van der Waals surface area contributed by atoms with Gasteiger partial charge in [0.25, 0.3) is 0 Å². The molecule has 0 bridgehead atoms. The zero-order valence-electron chi connectivity index (χ0n) is 19.7. The molecule has 180 valence electrons. The molecular weight excluding hydrogens is 462 g/mol. The summed E-state index contributed by atoms with van der Waals surface area (Å²) in [4.78, 5) is 27.8. The van der Waals surface area contributed by atoms with Crippen molar-refractivity contribution < 1.29 is 18.0 Å². The van der Waals surface area contributed by atoms with Gasteiger partial charge in [-0.1, -0.05) is 54.9 Å². The van der Waals surface area contributed by atoms with Gasteiger partial charge >= 0.3 is 0 Å². The fourth-order valence-corrected chi connectivity index (χ4v) is 4.42. The van der Waals surface area contributed by atoms with Crippen LogP contribution in [0.25, 0.3) is 0 Å². The number of halogens is 1. The maximum absolute atomic E-state index is 13.5. The van der Waals surface area contributed by atoms with Crippen molar-refractivity contribution >= 4 is 39.1 Å². The molecule has 2 atom stereocenters. The molecule has 0 aliphatic carbocycles. The number of hydrogen-bond donors (Lipinski definition) is 1. The van der Waals surface area contributed by atoms with E-state index in [-0.39, 0.29) is 29.2 Å². The van der Waals surface area contributed by atoms with E-state index in [2.05, 4.69) is 5.32 Å². The highest BCUT2D eigenvalue weighted by Crippen LogP contribution is 2.27. The van der Waals surface area contributed by atoms with Crippen molar-refractivity contribution in [2.24, 2.45) is 0 Å². The zero-order chi connectivity index (χ0) is 24.8. The first kappa shape index (κ1) is 26.7. The van der Waals surface area contributed by atoms with Crippen molar-refractivity contribution in [3.63, 3.8) is 0 Å². The van der Waals surface area contributed by atoms with Crippen molar-refractivity contribution in [3.05, 3.63) is 64.7 Å². The Balaban J connectivity index is 2.41. The highest BCUT2D eigenvalue weighted by molar-refractivity contribution is 7.92. The number of anilines is 1. The van der Waals surface area contributed by atoms with Gasteiger partial charge in [-0.05, 0) is 50.5 Å². The molecule has 0 aliphatic heterocycles. The van der Waals surface area contributed by atoms with Crippen molar-refractivity contribution in [1.82, 2.24) is 10.2 Å². The van der Waals surface area contributed by atoms with Crippen molar-refractivity contribution in [2.75, 3.05) is 17.1 Å². The molecule has 0 saturated carbocycles. The quantitative estimate of drug-likeness (QED) is 0.546. The predicted octanol–water partition coefficient (Wildman–Crippen LogP) is 3.75. The van der Waals surface area contributed by atoms with Crippen LogP contribution >= 0.6 is 11.6 Å². The molecule has 0 saturated heterocycles. The molecule has 0 fully saturated rings. The van der Waals surface area contributed by atoms with Crippen LogP contribution in [0.1, 0.15) is 38.3 Å². The smallest absolute Gasteiger partial charge is 0.244 e. The summed E-state index contributed by atoms with van der Waals surface area (Å²) < 4.78 is 26.1. The van der Waals surface area contributed by atoms with Gasteiger partial charge in [-0.3, -0.25) is 13.9 Å². The molecule has 1 N–H and O–H groups in total. The number of nitrogens with zero attached hydrogens (tertiary/aromatic N) is 2. The zero-order valence-corrected chi connectivity index (χ0v) is 21.3. The second-order valence-corrected chi connectivity index (χ2v) is 10.5. The third kappa shape index (κ3) is 7.20. The standard InChI is InChI=1S/C24H32ClN3O4S/c1-6-18(3)26-24(30)19(4)27(15-20-12-8-7-11-17(20)2)23(29)16-28(33(5,31)32)22-14-10-9-13-21(22)25/h7-14,18-19H,6,15-16H2,1-5H3,(H,26,30)/t18-,19+/m1/s1. The summed E-state index contributed by atoms with van der Waals surface area (Å²) in [6.45, 7) is 7.11. The minimum absolute atomic E-state index is 0.0500. The maximum Gasteiger partial charge on any atom is 0.244 e. The molecule has 2 amide bonds. The Hall–Kier alpha value is -2.58. The molecule has 0 spiro atoms. The van der Waals surface area contributed by atoms with Gasteiger partial charge in [0.2, 0.25) is 21.8 Å². The molecule has 2 aromatic carbocycles. The van der Waals surface area contributed by atoms with Crippen molar-refractivity contribution in [2.45, 2.75) is 52.7 Å². The van der Waals surface area contributed by atoms with Crippen molar-refractivity contribution in [3.8, 4) is 0 Å². The first-order valence-corrected chi connectivity index (χ1v) is 13.0. The summed E-state index contributed by atoms with van der Waals surface area (Å²) in [7, 11) is -3.82. The summed E-state index contributed by atoms with van der Waals surface area (Å²) in [5, 5.41) is 3.12. The molecule has 0 unspecified atom stereocenters. The number of carbonyl (C=O) groups is 2. The number of carbonyl (C=O) groups excluding carboxylic acids is 2. The van der Waals surface area contributed by atoms with Gasteiger partial charge in [-0.2, -0.15) is 0 Å². The SMILES string of the molecule is CC[C@@H](C)NC(=O)[C@H](C)N(Cc1ccccc1C)C(=O)CN(c1ccccc1Cl)S(C)(=O)=O. The molecule has 2 aromatic rings. The Labute approximate surface area is 201 Å². The van der Waals surface area contributed by atoms with E-state index in [0.717, 1.165) is 28.1 Å². The summed E-state index contributed by atoms with van der Waals surface area (Å²) in [5.41, 5.74) is 2.05. The molecule has 9 heteroatoms. The first-order valence-electron chi connectivity index (χ1n) is 10.8. The predicted molar refractivity (Wildman–Crippen MR) is 133 cm³/mol. The van der Waals surface area contributed by atoms with Crippen LogP contribution in [0.4, 0.5) is 5.69 Å². The Morgan fingerprint density at radius 2 is 1.67 bits per heavy atom. The van der Waals surface area contributed by atoms with Crippen LogP contribution in [0.3, 0.4) is 0 Å². The van der Waals surface area contributed by atoms with Gasteiger partial charge in [0.15, 0.2) is 0 Å². The summed E-state index contributed by atoms with van der Waals surface area (Å²) in [6, 6.07) is 13.1. The van der Waals surface area contributed by atoms with E-state index in [4.69, 9.17) is 11.6 Å². The normalized spacial score (nSPS) is 13.2. The molecule has 7 nitrogen and oxygen atoms in total. The monoisotopic (exact) mass is 493 g/mol. The lowest BCUT2D eigenvalue weighted by atomic mass is 10.1. The summed E-state index contributed by atoms with van der Waals surface area (Å²) in [5.74, 6) is -0.801. The molecule has 0 heterocycles. The van der Waals surface area contributed by atoms with Crippen molar-refractivity contribution in [1.29, 1.82) is 0 Å². The third-order valence-corrected chi connectivity index (χ3v) is 7.02. The minimum Gasteiger partial charge on any atom is -0.352 e. The Bertz CT molecular complexity index is 1090. The number of nitrogens with one attached hydrogen (secondary N) is 1. The van der Waals surface area contributed by atoms with Gasteiger partial charge < -0.3 is 10.2 Å². The number of benzene rings is 2. The van der Waals surface area contributed by atoms with Gasteiger partial charge in [-0.15, -0.1) is 0 Å². The number of sulfonamides is 1. The van der Waals surface area contributed by atoms with Crippen LogP contribution < -0.4 is 9.62 Å². The van der Waals surface area contributed by atoms with Crippen LogP contribution in [0.5, 0.6) is 0 Å². The Morgan fingerprint density at radius 3 is 2.24 bits per heavy atom. The lowest BCUT2D eigenvalue weighted by Crippen LogP contribution is -2.52. The minimum atomic E-state index is -3.82. The average Bonchev–Trinajstić information content (AvgIpc) is 2.76. The van der Waals surface area contributed by atoms with Gasteiger partial charge in [0, 0.05) is 12.6 Å². The molecular formula is C24H32ClN3O4S. The van der Waals surface area contributed by atoms with E-state index in [9.17, 15) is 18.0 Å². The van der Waals surface area contributed by atoms with Crippen LogP contribution in [0.2, 0.25) is 5.02 Å². The van der Waals surface area contributed by atoms with E-state index >= 15 is 0 Å². The molecule has 33 heavy (non-hydrogen) atoms. The summed E-state index contributed by atoms with van der Waals surface area (Å²) in [6.07, 6.45) is 1.77. The van der Waals surface area contributed by atoms with Gasteiger partial charge in [0.05, 0.1) is 17.0 Å². The van der Waals surface area contributed by atoms with E-state index in [1.165, 1.54) is 4.90 Å². The fourth-order valence-electron chi connectivity index (χ4n) is 3.27. The second-order valence-electron chi connectivity index (χ2n) is 8.16. The lowest BCUT2D eigenvalue weighted by molar-refractivity contribution is -0.139. The van der Waals surface area contributed by atoms with E-state index in [0.29, 0.717) is 0 Å². The van der Waals surface area contributed by atoms with Crippen LogP contribution in [-0.4, -0.2) is 50.0 Å². The van der Waals surface area contributed by atoms with Gasteiger partial charge in [-0.25, -0.2) is 8.42 Å². The molecule has 0 radical (unpaired) electrons. The van der Waals surface area contributed by atoms with E-state index in [1.54, 1.807) is 31.2 Å².